The van der Waals surface area contributed by atoms with Crippen LogP contribution in [0, 0.1) is 5.82 Å². The largest absolute Gasteiger partial charge is 0.465 e. The highest BCUT2D eigenvalue weighted by Gasteiger charge is 2.29. The number of likely N-dealkylation sites (tertiary alicyclic amines) is 1. The Labute approximate surface area is 123 Å². The van der Waals surface area contributed by atoms with Crippen LogP contribution in [0.3, 0.4) is 0 Å². The fourth-order valence-electron chi connectivity index (χ4n) is 2.93. The summed E-state index contributed by atoms with van der Waals surface area (Å²) in [5.41, 5.74) is 1.74. The van der Waals surface area contributed by atoms with E-state index >= 15 is 0 Å². The number of amides is 1. The highest BCUT2D eigenvalue weighted by molar-refractivity contribution is 9.10. The van der Waals surface area contributed by atoms with E-state index in [-0.39, 0.29) is 11.9 Å². The van der Waals surface area contributed by atoms with E-state index in [1.165, 1.54) is 17.0 Å². The normalized spacial score (nSPS) is 18.9. The van der Waals surface area contributed by atoms with Gasteiger partial charge in [0.25, 0.3) is 0 Å². The van der Waals surface area contributed by atoms with Gasteiger partial charge in [0, 0.05) is 23.5 Å². The molecule has 0 aliphatic carbocycles. The van der Waals surface area contributed by atoms with Gasteiger partial charge in [-0.3, -0.25) is 0 Å². The molecule has 1 saturated heterocycles. The highest BCUT2D eigenvalue weighted by Crippen LogP contribution is 2.31. The number of nitrogens with zero attached hydrogens (tertiary/aromatic N) is 1. The van der Waals surface area contributed by atoms with Crippen LogP contribution in [-0.2, 0) is 6.42 Å². The van der Waals surface area contributed by atoms with Crippen molar-refractivity contribution in [1.82, 2.24) is 9.88 Å². The van der Waals surface area contributed by atoms with Crippen molar-refractivity contribution in [2.75, 3.05) is 6.54 Å². The van der Waals surface area contributed by atoms with Crippen molar-refractivity contribution in [1.29, 1.82) is 0 Å². The van der Waals surface area contributed by atoms with E-state index in [9.17, 15) is 14.3 Å². The Bertz CT molecular complexity index is 670. The minimum absolute atomic E-state index is 0.00662. The molecule has 2 aromatic rings. The molecule has 0 radical (unpaired) electrons. The first-order valence-electron chi connectivity index (χ1n) is 6.51. The third kappa shape index (κ3) is 2.28. The Morgan fingerprint density at radius 2 is 2.35 bits per heavy atom. The van der Waals surface area contributed by atoms with E-state index in [4.69, 9.17) is 0 Å². The molecule has 0 spiro atoms. The molecule has 1 aromatic heterocycles. The lowest BCUT2D eigenvalue weighted by molar-refractivity contribution is 0.140. The van der Waals surface area contributed by atoms with Crippen molar-refractivity contribution >= 4 is 32.9 Å². The molecule has 1 aliphatic heterocycles. The maximum Gasteiger partial charge on any atom is 0.407 e. The third-order valence-corrected chi connectivity index (χ3v) is 4.56. The molecule has 1 fully saturated rings. The molecule has 2 heterocycles. The Hall–Kier alpha value is -1.56. The van der Waals surface area contributed by atoms with Crippen LogP contribution < -0.4 is 0 Å². The van der Waals surface area contributed by atoms with Crippen molar-refractivity contribution in [2.24, 2.45) is 0 Å². The average molecular weight is 341 g/mol. The Morgan fingerprint density at radius 3 is 3.10 bits per heavy atom. The summed E-state index contributed by atoms with van der Waals surface area (Å²) in [6.45, 7) is 0.592. The predicted octanol–water partition coefficient (Wildman–Crippen LogP) is 3.75. The lowest BCUT2D eigenvalue weighted by atomic mass is 10.0. The minimum atomic E-state index is -0.866. The smallest absolute Gasteiger partial charge is 0.407 e. The zero-order valence-electron chi connectivity index (χ0n) is 10.7. The molecular formula is C14H14BrFN2O2. The summed E-state index contributed by atoms with van der Waals surface area (Å²) in [5.74, 6) is -0.286. The average Bonchev–Trinajstić information content (AvgIpc) is 2.95. The Balaban J connectivity index is 1.94. The van der Waals surface area contributed by atoms with Crippen molar-refractivity contribution in [2.45, 2.75) is 25.3 Å². The summed E-state index contributed by atoms with van der Waals surface area (Å²) < 4.78 is 14.0. The molecule has 4 nitrogen and oxygen atoms in total. The van der Waals surface area contributed by atoms with Gasteiger partial charge in [0.05, 0.1) is 4.60 Å². The van der Waals surface area contributed by atoms with E-state index in [2.05, 4.69) is 20.9 Å². The van der Waals surface area contributed by atoms with E-state index in [1.54, 1.807) is 6.07 Å². The lowest BCUT2D eigenvalue weighted by Gasteiger charge is -2.21. The molecule has 1 amide bonds. The molecule has 20 heavy (non-hydrogen) atoms. The first kappa shape index (κ1) is 13.4. The summed E-state index contributed by atoms with van der Waals surface area (Å²) in [6, 6.07) is 4.61. The van der Waals surface area contributed by atoms with Gasteiger partial charge in [-0.2, -0.15) is 0 Å². The third-order valence-electron chi connectivity index (χ3n) is 3.88. The van der Waals surface area contributed by atoms with Gasteiger partial charge in [-0.25, -0.2) is 9.18 Å². The molecule has 1 aromatic carbocycles. The first-order valence-corrected chi connectivity index (χ1v) is 7.30. The minimum Gasteiger partial charge on any atom is -0.465 e. The second kappa shape index (κ2) is 5.09. The maximum atomic E-state index is 13.2. The van der Waals surface area contributed by atoms with E-state index in [0.29, 0.717) is 13.0 Å². The van der Waals surface area contributed by atoms with Crippen LogP contribution >= 0.6 is 15.9 Å². The number of benzene rings is 1. The Morgan fingerprint density at radius 1 is 1.55 bits per heavy atom. The molecule has 6 heteroatoms. The van der Waals surface area contributed by atoms with E-state index < -0.39 is 6.09 Å². The van der Waals surface area contributed by atoms with Crippen LogP contribution in [0.1, 0.15) is 18.4 Å². The molecule has 1 aliphatic rings. The number of aromatic amines is 1. The number of hydrogen-bond donors (Lipinski definition) is 2. The number of hydrogen-bond acceptors (Lipinski definition) is 1. The molecule has 0 saturated carbocycles. The number of fused-ring (bicyclic) bond motifs is 1. The summed E-state index contributed by atoms with van der Waals surface area (Å²) in [4.78, 5) is 15.8. The van der Waals surface area contributed by atoms with Crippen LogP contribution in [0.5, 0.6) is 0 Å². The van der Waals surface area contributed by atoms with E-state index in [1.807, 2.05) is 0 Å². The Kier molecular flexibility index (Phi) is 3.41. The van der Waals surface area contributed by atoms with E-state index in [0.717, 1.165) is 33.9 Å². The van der Waals surface area contributed by atoms with Gasteiger partial charge in [-0.15, -0.1) is 0 Å². The number of carboxylic acid groups (broad SMARTS) is 1. The van der Waals surface area contributed by atoms with Crippen LogP contribution in [0.25, 0.3) is 10.9 Å². The number of nitrogens with one attached hydrogen (secondary N) is 1. The lowest BCUT2D eigenvalue weighted by Crippen LogP contribution is -2.35. The molecule has 1 atom stereocenters. The second-order valence-electron chi connectivity index (χ2n) is 5.08. The number of aromatic nitrogens is 1. The zero-order chi connectivity index (χ0) is 14.3. The van der Waals surface area contributed by atoms with Crippen molar-refractivity contribution < 1.29 is 14.3 Å². The monoisotopic (exact) mass is 340 g/mol. The summed E-state index contributed by atoms with van der Waals surface area (Å²) in [6.07, 6.45) is 1.53. The number of H-pyrrole nitrogens is 1. The second-order valence-corrected chi connectivity index (χ2v) is 5.88. The van der Waals surface area contributed by atoms with Gasteiger partial charge in [-0.1, -0.05) is 0 Å². The first-order chi connectivity index (χ1) is 9.56. The fraction of sp³-hybridized carbons (Fsp3) is 0.357. The maximum absolute atomic E-state index is 13.2. The topological polar surface area (TPSA) is 56.3 Å². The quantitative estimate of drug-likeness (QED) is 0.874. The number of carbonyl (C=O) groups is 1. The zero-order valence-corrected chi connectivity index (χ0v) is 12.3. The highest BCUT2D eigenvalue weighted by atomic mass is 79.9. The van der Waals surface area contributed by atoms with Crippen LogP contribution in [0.4, 0.5) is 9.18 Å². The number of halogens is 2. The fourth-order valence-corrected chi connectivity index (χ4v) is 3.52. The molecular weight excluding hydrogens is 327 g/mol. The van der Waals surface area contributed by atoms with Crippen LogP contribution in [0.2, 0.25) is 0 Å². The molecule has 1 unspecified atom stereocenters. The van der Waals surface area contributed by atoms with Crippen LogP contribution in [0.15, 0.2) is 22.8 Å². The molecule has 3 rings (SSSR count). The summed E-state index contributed by atoms with van der Waals surface area (Å²) >= 11 is 3.45. The predicted molar refractivity (Wildman–Crippen MR) is 77.4 cm³/mol. The standard InChI is InChI=1S/C14H14BrFN2O2/c15-13-11(7-9-2-1-5-18(9)14(19)20)10-4-3-8(16)6-12(10)17-13/h3-4,6,9,17H,1-2,5,7H2,(H,19,20). The molecule has 0 bridgehead atoms. The van der Waals surface area contributed by atoms with Crippen molar-refractivity contribution in [3.05, 3.63) is 34.2 Å². The van der Waals surface area contributed by atoms with Crippen molar-refractivity contribution in [3.63, 3.8) is 0 Å². The van der Waals surface area contributed by atoms with Gasteiger partial charge < -0.3 is 15.0 Å². The molecule has 106 valence electrons. The number of rotatable bonds is 2. The van der Waals surface area contributed by atoms with Gasteiger partial charge in [0.2, 0.25) is 0 Å². The van der Waals surface area contributed by atoms with Gasteiger partial charge in [0.15, 0.2) is 0 Å². The summed E-state index contributed by atoms with van der Waals surface area (Å²) in [7, 11) is 0. The molecule has 2 N–H and O–H groups in total. The van der Waals surface area contributed by atoms with Gasteiger partial charge in [-0.05, 0) is 59.0 Å². The van der Waals surface area contributed by atoms with Crippen LogP contribution in [-0.4, -0.2) is 33.7 Å². The van der Waals surface area contributed by atoms with Gasteiger partial charge >= 0.3 is 6.09 Å². The summed E-state index contributed by atoms with van der Waals surface area (Å²) in [5, 5.41) is 10.1. The van der Waals surface area contributed by atoms with Crippen molar-refractivity contribution in [3.8, 4) is 0 Å². The SMILES string of the molecule is O=C(O)N1CCCC1Cc1c(Br)[nH]c2cc(F)ccc12. The van der Waals surface area contributed by atoms with Gasteiger partial charge in [0.1, 0.15) is 5.82 Å².